The molecule has 0 spiro atoms. The number of halogens is 13. The van der Waals surface area contributed by atoms with Gasteiger partial charge in [-0.3, -0.25) is 28.8 Å². The molecule has 0 saturated heterocycles. The number of alkyl halides is 10. The van der Waals surface area contributed by atoms with Gasteiger partial charge in [0.15, 0.2) is 0 Å². The zero-order valence-electron chi connectivity index (χ0n) is 69.2. The van der Waals surface area contributed by atoms with Crippen molar-refractivity contribution in [3.63, 3.8) is 0 Å². The molecule has 9 aromatic rings. The number of nitrogen functional groups attached to an aromatic ring is 1. The second-order valence-electron chi connectivity index (χ2n) is 27.6. The number of carbonyl (C=O) groups is 6. The Kier molecular flexibility index (Phi) is 39.8. The summed E-state index contributed by atoms with van der Waals surface area (Å²) in [4.78, 5) is 77.9. The van der Waals surface area contributed by atoms with Gasteiger partial charge in [0.1, 0.15) is 51.4 Å². The molecule has 9 aromatic carbocycles. The summed E-state index contributed by atoms with van der Waals surface area (Å²) in [5, 5.41) is 16.8. The maximum atomic E-state index is 14.0. The fourth-order valence-electron chi connectivity index (χ4n) is 13.1. The van der Waals surface area contributed by atoms with E-state index in [0.29, 0.717) is 141 Å². The number of benzene rings is 9. The molecule has 0 fully saturated rings. The molecule has 127 heavy (non-hydrogen) atoms. The van der Waals surface area contributed by atoms with Gasteiger partial charge in [0, 0.05) is 88.2 Å². The van der Waals surface area contributed by atoms with Crippen LogP contribution in [0.4, 0.5) is 73.6 Å². The number of nitrogens with zero attached hydrogens (tertiary/aromatic N) is 3. The summed E-state index contributed by atoms with van der Waals surface area (Å²) in [7, 11) is 4.58. The fraction of sp³-hybridized carbons (Fsp3) is 0.318. The molecule has 0 saturated carbocycles. The number of esters is 2. The Labute approximate surface area is 760 Å². The number of carbonyl (C=O) groups excluding carboxylic acids is 5. The number of nitrogens with one attached hydrogen (secondary N) is 2. The minimum absolute atomic E-state index is 0. The first-order valence-corrected chi connectivity index (χ1v) is 40.6. The van der Waals surface area contributed by atoms with Crippen LogP contribution in [0.2, 0.25) is 15.1 Å². The Morgan fingerprint density at radius 1 is 0.433 bits per heavy atom. The summed E-state index contributed by atoms with van der Waals surface area (Å²) in [5.41, 5.74) is 15.0. The Balaban J connectivity index is 0.000000242. The molecule has 0 aromatic heterocycles. The smallest absolute Gasteiger partial charge is 0.870 e. The van der Waals surface area contributed by atoms with Crippen LogP contribution in [0.15, 0.2) is 182 Å². The summed E-state index contributed by atoms with van der Waals surface area (Å²) in [5.74, 6) is -2.10. The molecular weight excluding hydrogens is 1810 g/mol. The third-order valence-electron chi connectivity index (χ3n) is 18.7. The standard InChI is InChI=1S/C30H30ClF3N2O6.C28H26ClF3N2O6.C17H12BrClF3NO2.C13H19NO4.Li.H2O/c1-3-41-27(37)11-13-40-18-19-14-23(16-25(15-19)39-2)35-28(21-4-7-22(31)8-5-21)29(38)36-12-10-20-6-9-24(17-26(20)36)42-30(32,33)34;1-38-23-13-17(16-39-11-9-25(35)36)12-21(14-23)33-26(19-2-5-20(29)6-3-19)27(37)34-10-8-18-4-7-22(15-24(18)34)40-28(30,31)32;18-15(11-1-4-12(19)5-2-11)16(24)23-8-7-10-3-6-13(9-14(10)23)25-17(20,21)22;1-3-18-13(15)4-5-17-9-10-6-11(14)8-12(7-10)16-2;;/h4-9,14-17,28,35H,3,10-13,18H2,1-2H3;2-7,12-15,26,33H,8-11,16H2,1H3,(H,35,36);1-6,9,15H,7-8H2;6-8H,3-5,9,14H2,1-2H3;;1H2/q;;;;+1;/p-1. The third-order valence-corrected chi connectivity index (χ3v) is 20.3. The zero-order chi connectivity index (χ0) is 90.7. The number of aliphatic carboxylic acids is 1. The third kappa shape index (κ3) is 32.5. The molecule has 0 radical (unpaired) electrons. The van der Waals surface area contributed by atoms with E-state index in [4.69, 9.17) is 83.5 Å². The quantitative estimate of drug-likeness (QED) is 0.00741. The van der Waals surface area contributed by atoms with Gasteiger partial charge in [-0.05, 0) is 174 Å². The number of hydrogen-bond donors (Lipinski definition) is 4. The topological polar surface area (TPSA) is 314 Å². The minimum atomic E-state index is -4.86. The summed E-state index contributed by atoms with van der Waals surface area (Å²) in [6.45, 7) is 6.35. The number of nitrogens with two attached hydrogens (primary N) is 1. The van der Waals surface area contributed by atoms with Gasteiger partial charge >= 0.3 is 55.9 Å². The van der Waals surface area contributed by atoms with Crippen molar-refractivity contribution in [3.05, 3.63) is 247 Å². The van der Waals surface area contributed by atoms with Gasteiger partial charge in [-0.2, -0.15) is 0 Å². The largest absolute Gasteiger partial charge is 1.00 e. The van der Waals surface area contributed by atoms with Crippen LogP contribution in [0.3, 0.4) is 0 Å². The molecule has 3 unspecified atom stereocenters. The maximum absolute atomic E-state index is 14.0. The average Bonchev–Trinajstić information content (AvgIpc) is 1.63. The number of carboxylic acids is 1. The van der Waals surface area contributed by atoms with Crippen LogP contribution in [-0.2, 0) is 91.5 Å². The molecule has 12 rings (SSSR count). The van der Waals surface area contributed by atoms with E-state index in [1.54, 1.807) is 142 Å². The van der Waals surface area contributed by atoms with Crippen LogP contribution in [0.25, 0.3) is 0 Å². The van der Waals surface area contributed by atoms with Crippen LogP contribution in [0, 0.1) is 0 Å². The van der Waals surface area contributed by atoms with E-state index < -0.39 is 59.4 Å². The van der Waals surface area contributed by atoms with Crippen LogP contribution in [0.1, 0.15) is 100 Å². The molecule has 676 valence electrons. The monoisotopic (exact) mass is 1890 g/mol. The summed E-state index contributed by atoms with van der Waals surface area (Å²) in [6, 6.07) is 46.1. The second kappa shape index (κ2) is 48.9. The number of methoxy groups -OCH3 is 3. The Morgan fingerprint density at radius 3 is 1.07 bits per heavy atom. The maximum Gasteiger partial charge on any atom is 1.00 e. The van der Waals surface area contributed by atoms with E-state index in [1.807, 2.05) is 12.1 Å². The van der Waals surface area contributed by atoms with E-state index >= 15 is 0 Å². The van der Waals surface area contributed by atoms with Crippen molar-refractivity contribution in [2.24, 2.45) is 0 Å². The van der Waals surface area contributed by atoms with Crippen molar-refractivity contribution in [3.8, 4) is 34.5 Å². The van der Waals surface area contributed by atoms with Crippen molar-refractivity contribution in [1.82, 2.24) is 0 Å². The van der Waals surface area contributed by atoms with Gasteiger partial charge in [-0.15, -0.1) is 39.5 Å². The molecule has 0 aliphatic carbocycles. The van der Waals surface area contributed by atoms with Gasteiger partial charge in [-0.25, -0.2) is 0 Å². The summed E-state index contributed by atoms with van der Waals surface area (Å²) >= 11 is 21.4. The molecule has 6 N–H and O–H groups in total. The molecule has 39 heteroatoms. The van der Waals surface area contributed by atoms with E-state index in [-0.39, 0.29) is 113 Å². The molecule has 3 aliphatic rings. The van der Waals surface area contributed by atoms with Gasteiger partial charge in [0.2, 0.25) is 5.91 Å². The first-order valence-electron chi connectivity index (χ1n) is 38.6. The van der Waals surface area contributed by atoms with E-state index in [0.717, 1.165) is 27.8 Å². The van der Waals surface area contributed by atoms with Crippen LogP contribution < -0.4 is 78.3 Å². The second-order valence-corrected chi connectivity index (χ2v) is 29.8. The number of ether oxygens (including phenoxy) is 11. The van der Waals surface area contributed by atoms with Gasteiger partial charge < -0.3 is 93.8 Å². The SMILES string of the molecule is CCOC(=O)CCOCc1cc(N)cc(OC)c1.CCOC(=O)CCOCc1cc(NC(C(=O)N2CCc3ccc(OC(F)(F)F)cc32)c2ccc(Cl)cc2)cc(OC)c1.COc1cc(COCCC(=O)O)cc(NC(C(=O)N2CCc3ccc(OC(F)(F)F)cc32)c2ccc(Cl)cc2)c1.O=C(C(Br)c1ccc(Cl)cc1)N1CCc2ccc(OC(F)(F)F)cc21.[Li+].[OH-]. The van der Waals surface area contributed by atoms with Crippen molar-refractivity contribution in [1.29, 1.82) is 0 Å². The van der Waals surface area contributed by atoms with Crippen LogP contribution in [-0.4, -0.2) is 139 Å². The van der Waals surface area contributed by atoms with Crippen molar-refractivity contribution >= 4 is 120 Å². The molecule has 0 bridgehead atoms. The first kappa shape index (κ1) is 103. The minimum Gasteiger partial charge on any atom is -0.870 e. The van der Waals surface area contributed by atoms with E-state index in [2.05, 4.69) is 40.8 Å². The normalized spacial score (nSPS) is 13.0. The fourth-order valence-corrected chi connectivity index (χ4v) is 14.0. The molecule has 3 amide bonds. The van der Waals surface area contributed by atoms with Gasteiger partial charge in [0.25, 0.3) is 11.8 Å². The predicted molar refractivity (Wildman–Crippen MR) is 455 cm³/mol. The Bertz CT molecular complexity index is 5170. The first-order chi connectivity index (χ1) is 59.5. The number of carboxylic acid groups (broad SMARTS) is 1. The molecular formula is C88H88BrCl3F9LiN6O19. The molecule has 3 aliphatic heterocycles. The number of amides is 3. The number of hydrogen-bond acceptors (Lipinski definition) is 21. The van der Waals surface area contributed by atoms with Crippen molar-refractivity contribution < 1.29 is 150 Å². The zero-order valence-corrected chi connectivity index (χ0v) is 73.1. The van der Waals surface area contributed by atoms with E-state index in [1.165, 1.54) is 77.5 Å². The molecule has 3 heterocycles. The Morgan fingerprint density at radius 2 is 0.748 bits per heavy atom. The van der Waals surface area contributed by atoms with E-state index in [9.17, 15) is 68.3 Å². The summed E-state index contributed by atoms with van der Waals surface area (Å²) in [6.07, 6.45) is -12.7. The molecule has 3 atom stereocenters. The number of fused-ring (bicyclic) bond motifs is 3. The van der Waals surface area contributed by atoms with Gasteiger partial charge in [0.05, 0.1) is 111 Å². The van der Waals surface area contributed by atoms with Crippen molar-refractivity contribution in [2.75, 3.05) is 105 Å². The van der Waals surface area contributed by atoms with Gasteiger partial charge in [-0.1, -0.05) is 105 Å². The number of rotatable bonds is 33. The average molecular weight is 1900 g/mol. The predicted octanol–water partition coefficient (Wildman–Crippen LogP) is 16.3. The van der Waals surface area contributed by atoms with Crippen molar-refractivity contribution in [2.45, 2.75) is 108 Å². The van der Waals surface area contributed by atoms with Crippen LogP contribution >= 0.6 is 50.7 Å². The summed E-state index contributed by atoms with van der Waals surface area (Å²) < 4.78 is 169. The number of anilines is 6. The van der Waals surface area contributed by atoms with Crippen LogP contribution in [0.5, 0.6) is 34.5 Å². The Hall–Kier alpha value is -10.8. The molecule has 25 nitrogen and oxygen atoms in total.